The fraction of sp³-hybridized carbons (Fsp3) is 0.385. The van der Waals surface area contributed by atoms with E-state index in [4.69, 9.17) is 4.74 Å². The van der Waals surface area contributed by atoms with Crippen LogP contribution in [-0.2, 0) is 12.8 Å². The summed E-state index contributed by atoms with van der Waals surface area (Å²) < 4.78 is 5.64. The van der Waals surface area contributed by atoms with Gasteiger partial charge in [-0.15, -0.1) is 0 Å². The molecule has 1 nitrogen and oxygen atoms in total. The molecule has 0 radical (unpaired) electrons. The van der Waals surface area contributed by atoms with Gasteiger partial charge in [0.05, 0.1) is 0 Å². The molecule has 1 aromatic carbocycles. The Hall–Kier alpha value is -1.24. The normalized spacial score (nSPS) is 14.6. The molecule has 1 aromatic rings. The molecule has 0 aliphatic heterocycles. The molecule has 0 atom stereocenters. The lowest BCUT2D eigenvalue weighted by molar-refractivity contribution is 0.357. The molecular formula is C13H16O. The average molecular weight is 188 g/mol. The van der Waals surface area contributed by atoms with Gasteiger partial charge in [-0.05, 0) is 42.9 Å². The lowest BCUT2D eigenvalue weighted by atomic mass is 9.91. The molecule has 2 rings (SSSR count). The summed E-state index contributed by atoms with van der Waals surface area (Å²) in [5.74, 6) is 1.06. The number of hydrogen-bond donors (Lipinski definition) is 0. The Morgan fingerprint density at radius 2 is 2.14 bits per heavy atom. The number of hydrogen-bond acceptors (Lipinski definition) is 1. The van der Waals surface area contributed by atoms with Gasteiger partial charge in [-0.25, -0.2) is 0 Å². The van der Waals surface area contributed by atoms with Crippen molar-refractivity contribution in [1.82, 2.24) is 0 Å². The van der Waals surface area contributed by atoms with Crippen LogP contribution in [0.5, 0.6) is 5.75 Å². The summed E-state index contributed by atoms with van der Waals surface area (Å²) >= 11 is 0. The molecule has 0 aromatic heterocycles. The predicted octanol–water partition coefficient (Wildman–Crippen LogP) is 3.13. The van der Waals surface area contributed by atoms with Crippen molar-refractivity contribution in [3.05, 3.63) is 42.0 Å². The minimum Gasteiger partial charge on any atom is -0.489 e. The molecular weight excluding hydrogens is 172 g/mol. The standard InChI is InChI=1S/C13H16O/c1-2-10-14-13-9-5-7-11-6-3-4-8-12(11)13/h2,5,7,9H,1,3-4,6,8,10H2. The van der Waals surface area contributed by atoms with Crippen molar-refractivity contribution in [2.45, 2.75) is 25.7 Å². The van der Waals surface area contributed by atoms with Crippen molar-refractivity contribution in [1.29, 1.82) is 0 Å². The maximum Gasteiger partial charge on any atom is 0.123 e. The van der Waals surface area contributed by atoms with Crippen LogP contribution in [0, 0.1) is 0 Å². The van der Waals surface area contributed by atoms with E-state index in [9.17, 15) is 0 Å². The summed E-state index contributed by atoms with van der Waals surface area (Å²) in [7, 11) is 0. The van der Waals surface area contributed by atoms with Crippen molar-refractivity contribution < 1.29 is 4.74 Å². The predicted molar refractivity (Wildman–Crippen MR) is 58.8 cm³/mol. The fourth-order valence-corrected chi connectivity index (χ4v) is 2.03. The summed E-state index contributed by atoms with van der Waals surface area (Å²) in [6, 6.07) is 6.37. The molecule has 14 heavy (non-hydrogen) atoms. The zero-order chi connectivity index (χ0) is 9.80. The van der Waals surface area contributed by atoms with Gasteiger partial charge in [0.2, 0.25) is 0 Å². The van der Waals surface area contributed by atoms with E-state index in [1.807, 2.05) is 0 Å². The zero-order valence-corrected chi connectivity index (χ0v) is 8.46. The highest BCUT2D eigenvalue weighted by molar-refractivity contribution is 5.41. The Morgan fingerprint density at radius 1 is 1.29 bits per heavy atom. The lowest BCUT2D eigenvalue weighted by Crippen LogP contribution is -2.06. The second-order valence-electron chi connectivity index (χ2n) is 3.70. The second-order valence-corrected chi connectivity index (χ2v) is 3.70. The van der Waals surface area contributed by atoms with Crippen LogP contribution in [0.4, 0.5) is 0 Å². The highest BCUT2D eigenvalue weighted by atomic mass is 16.5. The molecule has 0 spiro atoms. The quantitative estimate of drug-likeness (QED) is 0.662. The Labute approximate surface area is 85.4 Å². The maximum absolute atomic E-state index is 5.64. The molecule has 0 amide bonds. The number of benzene rings is 1. The summed E-state index contributed by atoms with van der Waals surface area (Å²) in [5, 5.41) is 0. The van der Waals surface area contributed by atoms with Crippen molar-refractivity contribution in [3.63, 3.8) is 0 Å². The van der Waals surface area contributed by atoms with Crippen molar-refractivity contribution in [2.24, 2.45) is 0 Å². The third-order valence-corrected chi connectivity index (χ3v) is 2.71. The first kappa shape index (κ1) is 9.32. The van der Waals surface area contributed by atoms with Gasteiger partial charge in [-0.1, -0.05) is 24.8 Å². The number of fused-ring (bicyclic) bond motifs is 1. The Bertz CT molecular complexity index is 328. The first-order valence-corrected chi connectivity index (χ1v) is 5.26. The fourth-order valence-electron chi connectivity index (χ4n) is 2.03. The van der Waals surface area contributed by atoms with E-state index in [-0.39, 0.29) is 0 Å². The van der Waals surface area contributed by atoms with Crippen LogP contribution in [0.3, 0.4) is 0 Å². The van der Waals surface area contributed by atoms with E-state index < -0.39 is 0 Å². The first-order chi connectivity index (χ1) is 6.92. The third-order valence-electron chi connectivity index (χ3n) is 2.71. The van der Waals surface area contributed by atoms with Crippen LogP contribution in [0.1, 0.15) is 24.0 Å². The van der Waals surface area contributed by atoms with Crippen LogP contribution in [0.2, 0.25) is 0 Å². The third kappa shape index (κ3) is 1.82. The number of rotatable bonds is 3. The van der Waals surface area contributed by atoms with Gasteiger partial charge in [0.15, 0.2) is 0 Å². The van der Waals surface area contributed by atoms with E-state index in [0.717, 1.165) is 5.75 Å². The van der Waals surface area contributed by atoms with Gasteiger partial charge in [0.25, 0.3) is 0 Å². The molecule has 1 aliphatic carbocycles. The molecule has 0 heterocycles. The van der Waals surface area contributed by atoms with Gasteiger partial charge in [-0.3, -0.25) is 0 Å². The largest absolute Gasteiger partial charge is 0.489 e. The van der Waals surface area contributed by atoms with Crippen LogP contribution in [-0.4, -0.2) is 6.61 Å². The van der Waals surface area contributed by atoms with E-state index in [2.05, 4.69) is 24.8 Å². The van der Waals surface area contributed by atoms with Crippen LogP contribution < -0.4 is 4.74 Å². The molecule has 1 aliphatic rings. The lowest BCUT2D eigenvalue weighted by Gasteiger charge is -2.18. The minimum atomic E-state index is 0.608. The Balaban J connectivity index is 2.25. The van der Waals surface area contributed by atoms with E-state index >= 15 is 0 Å². The number of ether oxygens (including phenoxy) is 1. The molecule has 0 saturated carbocycles. The summed E-state index contributed by atoms with van der Waals surface area (Å²) in [6.45, 7) is 4.27. The van der Waals surface area contributed by atoms with Gasteiger partial charge in [0, 0.05) is 0 Å². The number of aryl methyl sites for hydroxylation is 1. The van der Waals surface area contributed by atoms with Gasteiger partial charge in [-0.2, -0.15) is 0 Å². The van der Waals surface area contributed by atoms with Gasteiger partial charge in [0.1, 0.15) is 12.4 Å². The molecule has 0 bridgehead atoms. The first-order valence-electron chi connectivity index (χ1n) is 5.26. The summed E-state index contributed by atoms with van der Waals surface area (Å²) in [4.78, 5) is 0. The summed E-state index contributed by atoms with van der Waals surface area (Å²) in [6.07, 6.45) is 6.78. The van der Waals surface area contributed by atoms with Gasteiger partial charge >= 0.3 is 0 Å². The Kier molecular flexibility index (Phi) is 2.87. The Morgan fingerprint density at radius 3 is 3.00 bits per heavy atom. The van der Waals surface area contributed by atoms with Crippen LogP contribution in [0.15, 0.2) is 30.9 Å². The maximum atomic E-state index is 5.64. The van der Waals surface area contributed by atoms with Crippen LogP contribution in [0.25, 0.3) is 0 Å². The van der Waals surface area contributed by atoms with E-state index in [1.54, 1.807) is 6.08 Å². The second kappa shape index (κ2) is 4.32. The molecule has 74 valence electrons. The highest BCUT2D eigenvalue weighted by Gasteiger charge is 2.12. The molecule has 0 unspecified atom stereocenters. The van der Waals surface area contributed by atoms with Crippen molar-refractivity contribution >= 4 is 0 Å². The molecule has 0 N–H and O–H groups in total. The topological polar surface area (TPSA) is 9.23 Å². The zero-order valence-electron chi connectivity index (χ0n) is 8.46. The SMILES string of the molecule is C=CCOc1cccc2c1CCCC2. The van der Waals surface area contributed by atoms with Crippen molar-refractivity contribution in [2.75, 3.05) is 6.61 Å². The molecule has 1 heteroatoms. The minimum absolute atomic E-state index is 0.608. The summed E-state index contributed by atoms with van der Waals surface area (Å²) in [5.41, 5.74) is 2.89. The van der Waals surface area contributed by atoms with Crippen molar-refractivity contribution in [3.8, 4) is 5.75 Å². The van der Waals surface area contributed by atoms with E-state index in [0.29, 0.717) is 6.61 Å². The average Bonchev–Trinajstić information content (AvgIpc) is 2.26. The van der Waals surface area contributed by atoms with E-state index in [1.165, 1.54) is 36.8 Å². The monoisotopic (exact) mass is 188 g/mol. The highest BCUT2D eigenvalue weighted by Crippen LogP contribution is 2.29. The van der Waals surface area contributed by atoms with Gasteiger partial charge < -0.3 is 4.74 Å². The molecule has 0 saturated heterocycles. The smallest absolute Gasteiger partial charge is 0.123 e. The van der Waals surface area contributed by atoms with Crippen LogP contribution >= 0.6 is 0 Å². The molecule has 0 fully saturated rings.